The summed E-state index contributed by atoms with van der Waals surface area (Å²) in [5, 5.41) is 41.2. The molecule has 0 spiro atoms. The van der Waals surface area contributed by atoms with Gasteiger partial charge in [-0.15, -0.1) is 0 Å². The van der Waals surface area contributed by atoms with Crippen LogP contribution in [0.5, 0.6) is 11.5 Å². The molecule has 0 amide bonds. The second-order valence-electron chi connectivity index (χ2n) is 5.83. The third-order valence-electron chi connectivity index (χ3n) is 4.23. The number of phenols is 2. The van der Waals surface area contributed by atoms with Gasteiger partial charge in [0.25, 0.3) is 11.1 Å². The van der Waals surface area contributed by atoms with Gasteiger partial charge in [0.05, 0.1) is 22.0 Å². The molecule has 2 aromatic heterocycles. The molecule has 0 atom stereocenters. The Kier molecular flexibility index (Phi) is 3.91. The van der Waals surface area contributed by atoms with E-state index in [0.29, 0.717) is 11.4 Å². The number of aromatic nitrogens is 4. The van der Waals surface area contributed by atoms with E-state index >= 15 is 0 Å². The molecular formula is C15H15N5O6. The lowest BCUT2D eigenvalue weighted by molar-refractivity contribution is -0.385. The van der Waals surface area contributed by atoms with E-state index in [4.69, 9.17) is 0 Å². The standard InChI is InChI=1S/C15H15N5O6/c1-5-11(14(23)18-16-5)13(12-6(2)17-19-15(12)24)7-3-8(20(25)26)10(22)4-9(7)21/h3-4,13,21-22H,1-2H3,(H2,16,18,23)(H2,17,19,24). The minimum Gasteiger partial charge on any atom is -0.507 e. The molecule has 0 radical (unpaired) electrons. The predicted octanol–water partition coefficient (Wildman–Crippen LogP) is 0.836. The Labute approximate surface area is 144 Å². The van der Waals surface area contributed by atoms with Gasteiger partial charge >= 0.3 is 5.69 Å². The average Bonchev–Trinajstić information content (AvgIpc) is 3.06. The number of H-pyrrole nitrogens is 4. The molecule has 26 heavy (non-hydrogen) atoms. The molecule has 0 aliphatic rings. The fourth-order valence-electron chi connectivity index (χ4n) is 3.02. The van der Waals surface area contributed by atoms with E-state index in [2.05, 4.69) is 20.4 Å². The second kappa shape index (κ2) is 5.95. The first-order valence-electron chi connectivity index (χ1n) is 7.46. The third kappa shape index (κ3) is 2.55. The smallest absolute Gasteiger partial charge is 0.311 e. The number of benzene rings is 1. The number of hydrogen-bond donors (Lipinski definition) is 6. The van der Waals surface area contributed by atoms with Gasteiger partial charge in [-0.1, -0.05) is 0 Å². The molecule has 136 valence electrons. The van der Waals surface area contributed by atoms with E-state index in [-0.39, 0.29) is 16.7 Å². The Bertz CT molecular complexity index is 1060. The topological polar surface area (TPSA) is 181 Å². The zero-order valence-electron chi connectivity index (χ0n) is 13.7. The molecule has 1 aromatic carbocycles. The van der Waals surface area contributed by atoms with E-state index in [1.165, 1.54) is 0 Å². The number of nitro benzene ring substituents is 1. The van der Waals surface area contributed by atoms with E-state index < -0.39 is 39.1 Å². The van der Waals surface area contributed by atoms with Crippen LogP contribution in [0.2, 0.25) is 0 Å². The molecule has 11 nitrogen and oxygen atoms in total. The number of aromatic hydroxyl groups is 2. The Morgan fingerprint density at radius 1 is 0.923 bits per heavy atom. The van der Waals surface area contributed by atoms with E-state index in [0.717, 1.165) is 12.1 Å². The summed E-state index contributed by atoms with van der Waals surface area (Å²) in [4.78, 5) is 34.9. The molecule has 11 heteroatoms. The van der Waals surface area contributed by atoms with Crippen LogP contribution in [0.4, 0.5) is 5.69 Å². The first kappa shape index (κ1) is 17.1. The van der Waals surface area contributed by atoms with E-state index in [1.54, 1.807) is 13.8 Å². The first-order chi connectivity index (χ1) is 12.2. The van der Waals surface area contributed by atoms with Crippen molar-refractivity contribution >= 4 is 5.69 Å². The highest BCUT2D eigenvalue weighted by Crippen LogP contribution is 2.41. The second-order valence-corrected chi connectivity index (χ2v) is 5.83. The Balaban J connectivity index is 2.41. The number of phenolic OH excluding ortho intramolecular Hbond substituents is 2. The summed E-state index contributed by atoms with van der Waals surface area (Å²) in [6.45, 7) is 3.17. The number of aryl methyl sites for hydroxylation is 2. The average molecular weight is 361 g/mol. The van der Waals surface area contributed by atoms with Crippen molar-refractivity contribution in [3.63, 3.8) is 0 Å². The molecule has 3 aromatic rings. The lowest BCUT2D eigenvalue weighted by Crippen LogP contribution is -2.20. The fourth-order valence-corrected chi connectivity index (χ4v) is 3.02. The van der Waals surface area contributed by atoms with Crippen molar-refractivity contribution in [2.75, 3.05) is 0 Å². The number of hydrogen-bond acceptors (Lipinski definition) is 6. The fraction of sp³-hybridized carbons (Fsp3) is 0.200. The van der Waals surface area contributed by atoms with Crippen molar-refractivity contribution < 1.29 is 15.1 Å². The molecule has 0 bridgehead atoms. The van der Waals surface area contributed by atoms with Crippen LogP contribution in [0.3, 0.4) is 0 Å². The number of nitrogens with one attached hydrogen (secondary N) is 4. The van der Waals surface area contributed by atoms with Crippen LogP contribution in [0.25, 0.3) is 0 Å². The summed E-state index contributed by atoms with van der Waals surface area (Å²) in [6.07, 6.45) is 0. The van der Waals surface area contributed by atoms with Crippen LogP contribution >= 0.6 is 0 Å². The molecule has 0 unspecified atom stereocenters. The molecule has 3 rings (SSSR count). The zero-order valence-corrected chi connectivity index (χ0v) is 13.7. The minimum atomic E-state index is -1.10. The van der Waals surface area contributed by atoms with Crippen LogP contribution in [0.1, 0.15) is 34.0 Å². The molecule has 0 aliphatic heterocycles. The first-order valence-corrected chi connectivity index (χ1v) is 7.46. The number of rotatable bonds is 4. The van der Waals surface area contributed by atoms with Crippen LogP contribution in [0, 0.1) is 24.0 Å². The van der Waals surface area contributed by atoms with Gasteiger partial charge in [-0.05, 0) is 13.8 Å². The number of nitrogens with zero attached hydrogens (tertiary/aromatic N) is 1. The van der Waals surface area contributed by atoms with Crippen molar-refractivity contribution in [2.45, 2.75) is 19.8 Å². The summed E-state index contributed by atoms with van der Waals surface area (Å²) in [6, 6.07) is 1.76. The lowest BCUT2D eigenvalue weighted by atomic mass is 9.84. The zero-order chi connectivity index (χ0) is 19.2. The van der Waals surface area contributed by atoms with Gasteiger partial charge in [0.1, 0.15) is 5.75 Å². The summed E-state index contributed by atoms with van der Waals surface area (Å²) in [7, 11) is 0. The Morgan fingerprint density at radius 2 is 1.42 bits per heavy atom. The van der Waals surface area contributed by atoms with Gasteiger partial charge in [-0.25, -0.2) is 0 Å². The van der Waals surface area contributed by atoms with E-state index in [1.807, 2.05) is 0 Å². The Morgan fingerprint density at radius 3 is 1.81 bits per heavy atom. The largest absolute Gasteiger partial charge is 0.507 e. The van der Waals surface area contributed by atoms with Crippen molar-refractivity contribution in [3.05, 3.63) is 71.0 Å². The Hall–Kier alpha value is -3.76. The van der Waals surface area contributed by atoms with Gasteiger partial charge in [-0.2, -0.15) is 0 Å². The summed E-state index contributed by atoms with van der Waals surface area (Å²) < 4.78 is 0. The van der Waals surface area contributed by atoms with Crippen LogP contribution in [-0.2, 0) is 0 Å². The molecule has 0 saturated carbocycles. The monoisotopic (exact) mass is 361 g/mol. The quantitative estimate of drug-likeness (QED) is 0.295. The highest BCUT2D eigenvalue weighted by molar-refractivity contribution is 5.59. The van der Waals surface area contributed by atoms with Gasteiger partial charge in [0.2, 0.25) is 0 Å². The van der Waals surface area contributed by atoms with Crippen molar-refractivity contribution in [1.82, 2.24) is 20.4 Å². The van der Waals surface area contributed by atoms with Gasteiger partial charge < -0.3 is 20.4 Å². The maximum atomic E-state index is 12.3. The van der Waals surface area contributed by atoms with Gasteiger partial charge in [0, 0.05) is 29.1 Å². The van der Waals surface area contributed by atoms with Crippen LogP contribution < -0.4 is 11.1 Å². The molecule has 0 aliphatic carbocycles. The molecule has 0 fully saturated rings. The molecular weight excluding hydrogens is 346 g/mol. The van der Waals surface area contributed by atoms with Gasteiger partial charge in [-0.3, -0.25) is 29.9 Å². The SMILES string of the molecule is Cc1[nH][nH]c(=O)c1C(c1cc([N+](=O)[O-])c(O)cc1O)c1c(C)[nH][nH]c1=O. The normalized spacial score (nSPS) is 11.2. The van der Waals surface area contributed by atoms with Gasteiger partial charge in [0.15, 0.2) is 5.75 Å². The van der Waals surface area contributed by atoms with Crippen molar-refractivity contribution in [2.24, 2.45) is 0 Å². The molecule has 2 heterocycles. The highest BCUT2D eigenvalue weighted by atomic mass is 16.6. The molecule has 6 N–H and O–H groups in total. The maximum absolute atomic E-state index is 12.3. The van der Waals surface area contributed by atoms with E-state index in [9.17, 15) is 29.9 Å². The predicted molar refractivity (Wildman–Crippen MR) is 89.7 cm³/mol. The summed E-state index contributed by atoms with van der Waals surface area (Å²) in [5.74, 6) is -2.31. The van der Waals surface area contributed by atoms with Crippen molar-refractivity contribution in [3.8, 4) is 11.5 Å². The number of nitro groups is 1. The minimum absolute atomic E-state index is 0.0594. The lowest BCUT2D eigenvalue weighted by Gasteiger charge is -2.17. The highest BCUT2D eigenvalue weighted by Gasteiger charge is 2.32. The number of aromatic amines is 4. The van der Waals surface area contributed by atoms with Crippen LogP contribution in [-0.4, -0.2) is 35.5 Å². The summed E-state index contributed by atoms with van der Waals surface area (Å²) in [5.41, 5.74) is -0.759. The van der Waals surface area contributed by atoms with Crippen LogP contribution in [0.15, 0.2) is 21.7 Å². The molecule has 0 saturated heterocycles. The third-order valence-corrected chi connectivity index (χ3v) is 4.23. The maximum Gasteiger partial charge on any atom is 0.311 e. The summed E-state index contributed by atoms with van der Waals surface area (Å²) >= 11 is 0. The van der Waals surface area contributed by atoms with Crippen molar-refractivity contribution in [1.29, 1.82) is 0 Å².